The Bertz CT molecular complexity index is 854. The first kappa shape index (κ1) is 24.4. The van der Waals surface area contributed by atoms with Gasteiger partial charge in [-0.05, 0) is 0 Å². The third kappa shape index (κ3) is 3.55. The third-order valence-electron chi connectivity index (χ3n) is 7.93. The molecule has 1 aromatic carbocycles. The minimum Gasteiger partial charge on any atom is -1.00 e. The first-order valence-electron chi connectivity index (χ1n) is 10.3. The van der Waals surface area contributed by atoms with E-state index in [4.69, 9.17) is 0 Å². The molecule has 0 saturated carbocycles. The molecule has 0 nitrogen and oxygen atoms in total. The molecule has 4 rings (SSSR count). The van der Waals surface area contributed by atoms with Crippen molar-refractivity contribution in [3.63, 3.8) is 0 Å². The molecule has 2 aliphatic carbocycles. The fourth-order valence-corrected chi connectivity index (χ4v) is 20.1. The van der Waals surface area contributed by atoms with Gasteiger partial charge in [-0.3, -0.25) is 0 Å². The summed E-state index contributed by atoms with van der Waals surface area (Å²) in [5.74, 6) is 0. The average molecular weight is 598 g/mol. The summed E-state index contributed by atoms with van der Waals surface area (Å²) in [6.07, 6.45) is 4.15. The van der Waals surface area contributed by atoms with E-state index >= 15 is 0 Å². The minimum absolute atomic E-state index is 0. The van der Waals surface area contributed by atoms with Crippen molar-refractivity contribution in [1.82, 2.24) is 0 Å². The molecule has 4 heteroatoms. The van der Waals surface area contributed by atoms with Gasteiger partial charge in [-0.2, -0.15) is 0 Å². The molecule has 1 saturated heterocycles. The van der Waals surface area contributed by atoms with Crippen molar-refractivity contribution in [2.45, 2.75) is 71.6 Å². The zero-order chi connectivity index (χ0) is 18.7. The molecule has 0 aromatic heterocycles. The largest absolute Gasteiger partial charge is 1.00 e. The van der Waals surface area contributed by atoms with E-state index in [0.29, 0.717) is 5.41 Å². The van der Waals surface area contributed by atoms with E-state index in [1.165, 1.54) is 12.5 Å². The van der Waals surface area contributed by atoms with E-state index in [-0.39, 0.29) is 24.8 Å². The van der Waals surface area contributed by atoms with Crippen LogP contribution in [0.1, 0.15) is 64.6 Å². The van der Waals surface area contributed by atoms with Gasteiger partial charge in [-0.15, -0.1) is 0 Å². The van der Waals surface area contributed by atoms with Crippen LogP contribution in [0.2, 0.25) is 18.1 Å². The molecule has 3 aliphatic rings. The molecule has 1 aliphatic heterocycles. The van der Waals surface area contributed by atoms with Crippen molar-refractivity contribution in [3.05, 3.63) is 58.8 Å². The van der Waals surface area contributed by atoms with Crippen LogP contribution in [-0.4, -0.2) is 8.07 Å². The van der Waals surface area contributed by atoms with Gasteiger partial charge in [0.2, 0.25) is 0 Å². The fraction of sp³-hybridized carbons (Fsp3) is 0.500. The molecule has 1 unspecified atom stereocenters. The number of rotatable bonds is 4. The van der Waals surface area contributed by atoms with Gasteiger partial charge in [0.15, 0.2) is 0 Å². The Labute approximate surface area is 196 Å². The monoisotopic (exact) mass is 598 g/mol. The third-order valence-corrected chi connectivity index (χ3v) is 22.0. The Morgan fingerprint density at radius 3 is 2.18 bits per heavy atom. The molecule has 0 bridgehead atoms. The van der Waals surface area contributed by atoms with Crippen LogP contribution in [0.5, 0.6) is 0 Å². The second-order valence-electron chi connectivity index (χ2n) is 9.23. The Hall–Kier alpha value is 0.107. The second-order valence-corrected chi connectivity index (χ2v) is 19.0. The Morgan fingerprint density at radius 1 is 1.04 bits per heavy atom. The van der Waals surface area contributed by atoms with Gasteiger partial charge in [0.25, 0.3) is 0 Å². The topological polar surface area (TPSA) is 0 Å². The number of allylic oxidation sites excluding steroid dienone is 5. The molecule has 1 heterocycles. The van der Waals surface area contributed by atoms with E-state index in [0.717, 1.165) is 5.54 Å². The Balaban J connectivity index is 0.00000140. The van der Waals surface area contributed by atoms with Gasteiger partial charge in [0.05, 0.1) is 0 Å². The van der Waals surface area contributed by atoms with Crippen LogP contribution in [0.15, 0.2) is 47.6 Å². The van der Waals surface area contributed by atoms with Crippen LogP contribution in [0.4, 0.5) is 0 Å². The first-order chi connectivity index (χ1) is 12.3. The van der Waals surface area contributed by atoms with E-state index < -0.39 is 31.0 Å². The van der Waals surface area contributed by atoms with Crippen molar-refractivity contribution in [2.75, 3.05) is 0 Å². The molecule has 150 valence electrons. The Morgan fingerprint density at radius 2 is 1.68 bits per heavy atom. The van der Waals surface area contributed by atoms with E-state index in [1.807, 2.05) is 6.66 Å². The van der Waals surface area contributed by atoms with Crippen LogP contribution in [0, 0.1) is 5.41 Å². The van der Waals surface area contributed by atoms with Crippen LogP contribution < -0.4 is 24.8 Å². The zero-order valence-corrected chi connectivity index (χ0v) is 24.2. The molecular formula is C24H32Cl2HfSi. The summed E-state index contributed by atoms with van der Waals surface area (Å²) in [6.45, 7) is 14.6. The van der Waals surface area contributed by atoms with E-state index in [2.05, 4.69) is 71.9 Å². The quantitative estimate of drug-likeness (QED) is 0.459. The van der Waals surface area contributed by atoms with Gasteiger partial charge in [0, 0.05) is 0 Å². The molecule has 1 aromatic rings. The summed E-state index contributed by atoms with van der Waals surface area (Å²) >= 11 is -1.02. The summed E-state index contributed by atoms with van der Waals surface area (Å²) in [4.78, 5) is 0. The number of fused-ring (bicyclic) bond motifs is 1. The summed E-state index contributed by atoms with van der Waals surface area (Å²) in [7, 11) is -1.13. The molecular weight excluding hydrogens is 566 g/mol. The maximum Gasteiger partial charge on any atom is -1.00 e. The summed E-state index contributed by atoms with van der Waals surface area (Å²) < 4.78 is 3.81. The SMILES string of the molecule is CC[Si]1(C2[C]([Hf+2][C]3=C(C)C(C)=C(C)C3(C)C)=Cc3ccccc32)CCC1.[Cl-].[Cl-]. The molecule has 1 atom stereocenters. The first-order valence-corrected chi connectivity index (χ1v) is 16.6. The van der Waals surface area contributed by atoms with Crippen LogP contribution in [0.25, 0.3) is 6.08 Å². The predicted molar refractivity (Wildman–Crippen MR) is 112 cm³/mol. The fourth-order valence-electron chi connectivity index (χ4n) is 5.56. The van der Waals surface area contributed by atoms with Crippen LogP contribution in [-0.2, 0) is 22.9 Å². The van der Waals surface area contributed by atoms with Crippen molar-refractivity contribution < 1.29 is 47.7 Å². The van der Waals surface area contributed by atoms with Crippen molar-refractivity contribution in [1.29, 1.82) is 0 Å². The summed E-state index contributed by atoms with van der Waals surface area (Å²) in [6, 6.07) is 14.0. The van der Waals surface area contributed by atoms with Crippen molar-refractivity contribution in [3.8, 4) is 0 Å². The van der Waals surface area contributed by atoms with Gasteiger partial charge in [-0.1, -0.05) is 0 Å². The standard InChI is InChI=1S/C14H17Si.C10H15.2ClH.Hf/c1-2-15(10-5-11-15)14-9-8-12-6-3-4-7-13(12)14;1-7-6-10(4,5)9(3)8(7)2;;;/h3-4,6-8,14H,2,5,10-11H2,1H3;1-5H3;2*1H;/q;;;;+2/p-2. The predicted octanol–water partition coefficient (Wildman–Crippen LogP) is 1.28. The van der Waals surface area contributed by atoms with Gasteiger partial charge in [-0.25, -0.2) is 0 Å². The van der Waals surface area contributed by atoms with Gasteiger partial charge < -0.3 is 24.8 Å². The van der Waals surface area contributed by atoms with Crippen molar-refractivity contribution >= 4 is 14.1 Å². The number of benzene rings is 1. The molecule has 0 radical (unpaired) electrons. The number of halogens is 2. The van der Waals surface area contributed by atoms with Gasteiger partial charge in [0.1, 0.15) is 0 Å². The maximum atomic E-state index is 2.66. The second kappa shape index (κ2) is 8.69. The maximum absolute atomic E-state index is 2.66. The average Bonchev–Trinajstić information content (AvgIpc) is 3.01. The van der Waals surface area contributed by atoms with E-state index in [1.54, 1.807) is 39.9 Å². The van der Waals surface area contributed by atoms with Crippen LogP contribution in [0.3, 0.4) is 0 Å². The Kier molecular flexibility index (Phi) is 7.57. The molecule has 0 N–H and O–H groups in total. The molecule has 1 fully saturated rings. The minimum atomic E-state index is -1.13. The summed E-state index contributed by atoms with van der Waals surface area (Å²) in [5.41, 5.74) is 9.28. The number of hydrogen-bond acceptors (Lipinski definition) is 0. The smallest absolute Gasteiger partial charge is 1.00 e. The van der Waals surface area contributed by atoms with E-state index in [9.17, 15) is 0 Å². The molecule has 28 heavy (non-hydrogen) atoms. The summed E-state index contributed by atoms with van der Waals surface area (Å²) in [5, 5.41) is 0. The molecule has 0 spiro atoms. The molecule has 0 amide bonds. The number of hydrogen-bond donors (Lipinski definition) is 0. The van der Waals surface area contributed by atoms with Crippen LogP contribution >= 0.6 is 0 Å². The zero-order valence-electron chi connectivity index (χ0n) is 18.0. The van der Waals surface area contributed by atoms with Gasteiger partial charge >= 0.3 is 173 Å². The normalized spacial score (nSPS) is 23.9. The van der Waals surface area contributed by atoms with Crippen molar-refractivity contribution in [2.24, 2.45) is 5.41 Å².